The molecular weight excluding hydrogens is 465 g/mol. The second kappa shape index (κ2) is 9.91. The van der Waals surface area contributed by atoms with Gasteiger partial charge in [0.25, 0.3) is 5.91 Å². The highest BCUT2D eigenvalue weighted by Crippen LogP contribution is 2.30. The average molecular weight is 494 g/mol. The van der Waals surface area contributed by atoms with Crippen molar-refractivity contribution in [2.75, 3.05) is 11.9 Å². The average Bonchev–Trinajstić information content (AvgIpc) is 3.23. The topological polar surface area (TPSA) is 144 Å². The molecule has 4 rings (SSSR count). The van der Waals surface area contributed by atoms with Crippen LogP contribution in [0.1, 0.15) is 49.5 Å². The predicted molar refractivity (Wildman–Crippen MR) is 131 cm³/mol. The van der Waals surface area contributed by atoms with Crippen molar-refractivity contribution in [1.82, 2.24) is 25.2 Å². The van der Waals surface area contributed by atoms with Gasteiger partial charge in [-0.1, -0.05) is 0 Å². The molecule has 10 nitrogen and oxygen atoms in total. The van der Waals surface area contributed by atoms with Crippen molar-refractivity contribution in [3.63, 3.8) is 0 Å². The number of aliphatic hydroxyl groups is 1. The van der Waals surface area contributed by atoms with Crippen LogP contribution in [0.15, 0.2) is 36.7 Å². The number of carbonyl (C=O) groups excluding carboxylic acids is 2. The monoisotopic (exact) mass is 493 g/mol. The van der Waals surface area contributed by atoms with E-state index < -0.39 is 17.7 Å². The lowest BCUT2D eigenvalue weighted by atomic mass is 9.86. The molecule has 0 aliphatic heterocycles. The Morgan fingerprint density at radius 1 is 1.28 bits per heavy atom. The number of pyridine rings is 1. The Morgan fingerprint density at radius 2 is 2.03 bits per heavy atom. The minimum atomic E-state index is -1.65. The molecule has 0 aromatic carbocycles. The molecule has 1 saturated carbocycles. The molecule has 2 amide bonds. The second-order valence-corrected chi connectivity index (χ2v) is 9.57. The first kappa shape index (κ1) is 25.1. The normalized spacial score (nSPS) is 18.1. The van der Waals surface area contributed by atoms with Crippen molar-refractivity contribution in [2.45, 2.75) is 57.5 Å². The van der Waals surface area contributed by atoms with Gasteiger partial charge in [0.1, 0.15) is 12.2 Å². The van der Waals surface area contributed by atoms with Crippen molar-refractivity contribution in [2.24, 2.45) is 0 Å². The number of nitrogens with zero attached hydrogens (tertiary/aromatic N) is 4. The first-order valence-electron chi connectivity index (χ1n) is 11.6. The van der Waals surface area contributed by atoms with E-state index in [1.807, 2.05) is 12.1 Å². The number of anilines is 1. The molecule has 3 aromatic rings. The molecule has 188 valence electrons. The number of alkyl halides is 1. The fraction of sp³-hybridized carbons (Fsp3) is 0.400. The number of rotatable bonds is 8. The number of nitriles is 1. The van der Waals surface area contributed by atoms with Gasteiger partial charge in [-0.15, -0.1) is 0 Å². The van der Waals surface area contributed by atoms with Crippen LogP contribution in [0.5, 0.6) is 0 Å². The summed E-state index contributed by atoms with van der Waals surface area (Å²) in [5, 5.41) is 32.0. The van der Waals surface area contributed by atoms with Crippen LogP contribution in [0.2, 0.25) is 0 Å². The summed E-state index contributed by atoms with van der Waals surface area (Å²) in [5.41, 5.74) is 1.51. The van der Waals surface area contributed by atoms with Crippen LogP contribution in [0.4, 0.5) is 10.1 Å². The van der Waals surface area contributed by atoms with E-state index in [1.54, 1.807) is 16.6 Å². The maximum absolute atomic E-state index is 14.2. The number of nitrogens with one attached hydrogen (secondary N) is 3. The maximum atomic E-state index is 14.2. The first-order chi connectivity index (χ1) is 17.0. The largest absolute Gasteiger partial charge is 0.387 e. The standard InChI is InChI=1S/C25H28FN7O3/c1-14(34)31-16-7-17(8-16)32-20-9-21(22-5-4-18-6-15(10-27)11-30-33(18)22)28-12-19(20)24(35)29-13-23(26)25(2,3)36/h4-6,9,11-12,16-17,23,36H,7-8,13H2,1-3H3,(H,28,32)(H,29,35)(H,31,34)/t16-,17-,23-/m1/s1. The van der Waals surface area contributed by atoms with Gasteiger partial charge in [-0.3, -0.25) is 14.6 Å². The van der Waals surface area contributed by atoms with E-state index in [-0.39, 0.29) is 30.1 Å². The Kier molecular flexibility index (Phi) is 6.90. The Morgan fingerprint density at radius 3 is 2.69 bits per heavy atom. The van der Waals surface area contributed by atoms with Crippen LogP contribution in [-0.4, -0.2) is 61.9 Å². The number of halogens is 1. The highest BCUT2D eigenvalue weighted by Gasteiger charge is 2.31. The molecule has 0 bridgehead atoms. The van der Waals surface area contributed by atoms with Gasteiger partial charge in [-0.2, -0.15) is 10.4 Å². The van der Waals surface area contributed by atoms with E-state index in [0.717, 1.165) is 5.52 Å². The highest BCUT2D eigenvalue weighted by molar-refractivity contribution is 6.00. The summed E-state index contributed by atoms with van der Waals surface area (Å²) in [7, 11) is 0. The van der Waals surface area contributed by atoms with Gasteiger partial charge in [-0.25, -0.2) is 8.91 Å². The fourth-order valence-corrected chi connectivity index (χ4v) is 4.04. The molecule has 0 unspecified atom stereocenters. The third-order valence-electron chi connectivity index (χ3n) is 6.15. The first-order valence-corrected chi connectivity index (χ1v) is 11.6. The zero-order chi connectivity index (χ0) is 26.0. The zero-order valence-electron chi connectivity index (χ0n) is 20.2. The van der Waals surface area contributed by atoms with E-state index in [0.29, 0.717) is 35.5 Å². The van der Waals surface area contributed by atoms with Gasteiger partial charge in [0.15, 0.2) is 0 Å². The lowest BCUT2D eigenvalue weighted by Crippen LogP contribution is -2.49. The summed E-state index contributed by atoms with van der Waals surface area (Å²) in [6.45, 7) is 3.79. The molecule has 1 aliphatic carbocycles. The molecule has 3 aromatic heterocycles. The Balaban J connectivity index is 1.61. The molecule has 1 aliphatic rings. The second-order valence-electron chi connectivity index (χ2n) is 9.57. The minimum absolute atomic E-state index is 0.0225. The van der Waals surface area contributed by atoms with E-state index in [4.69, 9.17) is 5.26 Å². The summed E-state index contributed by atoms with van der Waals surface area (Å²) in [5.74, 6) is -0.623. The van der Waals surface area contributed by atoms with Gasteiger partial charge in [-0.05, 0) is 51.0 Å². The highest BCUT2D eigenvalue weighted by atomic mass is 19.1. The SMILES string of the molecule is CC(=O)N[C@H]1C[C@H](Nc2cc(-c3ccc4cc(C#N)cnn34)ncc2C(=O)NC[C@@H](F)C(C)(C)O)C1. The molecule has 36 heavy (non-hydrogen) atoms. The Bertz CT molecular complexity index is 1340. The quantitative estimate of drug-likeness (QED) is 0.376. The number of hydrogen-bond acceptors (Lipinski definition) is 7. The van der Waals surface area contributed by atoms with E-state index in [9.17, 15) is 19.1 Å². The Labute approximate surface area is 207 Å². The third-order valence-corrected chi connectivity index (χ3v) is 6.15. The smallest absolute Gasteiger partial charge is 0.255 e. The number of hydrogen-bond donors (Lipinski definition) is 4. The molecule has 1 atom stereocenters. The van der Waals surface area contributed by atoms with E-state index in [1.165, 1.54) is 33.2 Å². The lowest BCUT2D eigenvalue weighted by molar-refractivity contribution is -0.120. The van der Waals surface area contributed by atoms with Gasteiger partial charge in [0, 0.05) is 25.2 Å². The van der Waals surface area contributed by atoms with Gasteiger partial charge in [0.05, 0.1) is 52.1 Å². The summed E-state index contributed by atoms with van der Waals surface area (Å²) < 4.78 is 15.9. The molecule has 4 N–H and O–H groups in total. The lowest BCUT2D eigenvalue weighted by Gasteiger charge is -2.37. The van der Waals surface area contributed by atoms with Crippen LogP contribution >= 0.6 is 0 Å². The molecule has 0 saturated heterocycles. The van der Waals surface area contributed by atoms with E-state index in [2.05, 4.69) is 32.1 Å². The van der Waals surface area contributed by atoms with Crippen LogP contribution in [0.25, 0.3) is 16.9 Å². The summed E-state index contributed by atoms with van der Waals surface area (Å²) >= 11 is 0. The number of fused-ring (bicyclic) bond motifs is 1. The van der Waals surface area contributed by atoms with Gasteiger partial charge < -0.3 is 21.1 Å². The summed E-state index contributed by atoms with van der Waals surface area (Å²) in [4.78, 5) is 28.7. The molecule has 0 spiro atoms. The van der Waals surface area contributed by atoms with E-state index >= 15 is 0 Å². The van der Waals surface area contributed by atoms with Crippen molar-refractivity contribution in [3.8, 4) is 17.5 Å². The Hall–Kier alpha value is -4.04. The minimum Gasteiger partial charge on any atom is -0.387 e. The molecule has 0 radical (unpaired) electrons. The summed E-state index contributed by atoms with van der Waals surface area (Å²) in [6, 6.07) is 9.23. The van der Waals surface area contributed by atoms with Gasteiger partial charge in [0.2, 0.25) is 5.91 Å². The molecular formula is C25H28FN7O3. The molecule has 1 fully saturated rings. The number of aromatic nitrogens is 3. The van der Waals surface area contributed by atoms with Crippen LogP contribution in [0.3, 0.4) is 0 Å². The van der Waals surface area contributed by atoms with Crippen LogP contribution in [-0.2, 0) is 4.79 Å². The van der Waals surface area contributed by atoms with Crippen molar-refractivity contribution in [3.05, 3.63) is 47.8 Å². The van der Waals surface area contributed by atoms with Crippen LogP contribution < -0.4 is 16.0 Å². The van der Waals surface area contributed by atoms with Crippen molar-refractivity contribution < 1.29 is 19.1 Å². The van der Waals surface area contributed by atoms with Crippen molar-refractivity contribution >= 4 is 23.0 Å². The summed E-state index contributed by atoms with van der Waals surface area (Å²) in [6.07, 6.45) is 2.61. The molecule has 3 heterocycles. The number of amides is 2. The van der Waals surface area contributed by atoms with Crippen LogP contribution in [0, 0.1) is 11.3 Å². The zero-order valence-corrected chi connectivity index (χ0v) is 20.2. The maximum Gasteiger partial charge on any atom is 0.255 e. The van der Waals surface area contributed by atoms with Gasteiger partial charge >= 0.3 is 0 Å². The predicted octanol–water partition coefficient (Wildman–Crippen LogP) is 2.19. The number of carbonyl (C=O) groups is 2. The fourth-order valence-electron chi connectivity index (χ4n) is 4.04. The van der Waals surface area contributed by atoms with Crippen molar-refractivity contribution in [1.29, 1.82) is 5.26 Å². The molecule has 11 heteroatoms. The third kappa shape index (κ3) is 5.44.